The summed E-state index contributed by atoms with van der Waals surface area (Å²) in [6, 6.07) is 10.6. The van der Waals surface area contributed by atoms with Crippen molar-refractivity contribution in [3.05, 3.63) is 47.8 Å². The molecule has 1 aromatic carbocycles. The van der Waals surface area contributed by atoms with E-state index in [2.05, 4.69) is 57.4 Å². The second-order valence-corrected chi connectivity index (χ2v) is 5.51. The van der Waals surface area contributed by atoms with Gasteiger partial charge in [-0.2, -0.15) is 5.10 Å². The zero-order valence-corrected chi connectivity index (χ0v) is 12.0. The molecule has 0 unspecified atom stereocenters. The van der Waals surface area contributed by atoms with Gasteiger partial charge in [-0.3, -0.25) is 10.00 Å². The van der Waals surface area contributed by atoms with Crippen LogP contribution in [0.15, 0.2) is 36.5 Å². The summed E-state index contributed by atoms with van der Waals surface area (Å²) in [6.45, 7) is 4.44. The van der Waals surface area contributed by atoms with Gasteiger partial charge in [0.2, 0.25) is 0 Å². The molecule has 0 radical (unpaired) electrons. The van der Waals surface area contributed by atoms with Crippen LogP contribution in [0.3, 0.4) is 0 Å². The fraction of sp³-hybridized carbons (Fsp3) is 0.438. The van der Waals surface area contributed by atoms with Crippen molar-refractivity contribution >= 4 is 5.69 Å². The number of rotatable bonds is 5. The number of aromatic nitrogens is 2. The van der Waals surface area contributed by atoms with E-state index in [-0.39, 0.29) is 0 Å². The molecule has 0 amide bonds. The van der Waals surface area contributed by atoms with E-state index in [0.717, 1.165) is 32.6 Å². The molecule has 1 aromatic heterocycles. The summed E-state index contributed by atoms with van der Waals surface area (Å²) in [4.78, 5) is 4.85. The minimum Gasteiger partial charge on any atom is -0.375 e. The molecule has 2 heterocycles. The quantitative estimate of drug-likeness (QED) is 0.905. The van der Waals surface area contributed by atoms with Gasteiger partial charge in [0.15, 0.2) is 0 Å². The average molecular weight is 270 g/mol. The Kier molecular flexibility index (Phi) is 4.02. The SMILES string of the molecule is CN(CCCN1CCc2[nH]ncc2C1)c1ccccc1. The summed E-state index contributed by atoms with van der Waals surface area (Å²) in [5.41, 5.74) is 3.98. The van der Waals surface area contributed by atoms with E-state index in [1.165, 1.54) is 23.4 Å². The van der Waals surface area contributed by atoms with Crippen molar-refractivity contribution in [2.24, 2.45) is 0 Å². The summed E-state index contributed by atoms with van der Waals surface area (Å²) in [5, 5.41) is 7.22. The molecule has 0 bridgehead atoms. The van der Waals surface area contributed by atoms with Crippen LogP contribution in [-0.4, -0.2) is 41.8 Å². The van der Waals surface area contributed by atoms with Gasteiger partial charge in [0.25, 0.3) is 0 Å². The smallest absolute Gasteiger partial charge is 0.0535 e. The Labute approximate surface area is 120 Å². The van der Waals surface area contributed by atoms with Crippen LogP contribution in [0.25, 0.3) is 0 Å². The van der Waals surface area contributed by atoms with E-state index in [4.69, 9.17) is 0 Å². The van der Waals surface area contributed by atoms with Gasteiger partial charge in [-0.25, -0.2) is 0 Å². The number of H-pyrrole nitrogens is 1. The van der Waals surface area contributed by atoms with E-state index in [0.29, 0.717) is 0 Å². The maximum absolute atomic E-state index is 4.13. The molecule has 0 atom stereocenters. The van der Waals surface area contributed by atoms with Crippen molar-refractivity contribution in [3.63, 3.8) is 0 Å². The molecule has 1 aliphatic rings. The second-order valence-electron chi connectivity index (χ2n) is 5.51. The van der Waals surface area contributed by atoms with Crippen LogP contribution >= 0.6 is 0 Å². The molecule has 0 spiro atoms. The second kappa shape index (κ2) is 6.09. The highest BCUT2D eigenvalue weighted by Gasteiger charge is 2.17. The first-order valence-corrected chi connectivity index (χ1v) is 7.32. The van der Waals surface area contributed by atoms with E-state index < -0.39 is 0 Å². The van der Waals surface area contributed by atoms with Crippen LogP contribution in [0, 0.1) is 0 Å². The highest BCUT2D eigenvalue weighted by atomic mass is 15.2. The van der Waals surface area contributed by atoms with Crippen molar-refractivity contribution in [2.75, 3.05) is 31.6 Å². The monoisotopic (exact) mass is 270 g/mol. The van der Waals surface area contributed by atoms with Crippen LogP contribution in [0.4, 0.5) is 5.69 Å². The molecule has 0 saturated heterocycles. The molecule has 0 saturated carbocycles. The zero-order chi connectivity index (χ0) is 13.8. The number of aromatic amines is 1. The zero-order valence-electron chi connectivity index (χ0n) is 12.0. The molecular formula is C16H22N4. The van der Waals surface area contributed by atoms with E-state index >= 15 is 0 Å². The molecular weight excluding hydrogens is 248 g/mol. The summed E-state index contributed by atoms with van der Waals surface area (Å²) in [6.07, 6.45) is 4.26. The van der Waals surface area contributed by atoms with Crippen molar-refractivity contribution in [1.29, 1.82) is 0 Å². The third kappa shape index (κ3) is 3.02. The molecule has 1 N–H and O–H groups in total. The van der Waals surface area contributed by atoms with Gasteiger partial charge in [0, 0.05) is 56.6 Å². The number of anilines is 1. The maximum Gasteiger partial charge on any atom is 0.0535 e. The first kappa shape index (κ1) is 13.2. The largest absolute Gasteiger partial charge is 0.375 e. The third-order valence-electron chi connectivity index (χ3n) is 4.04. The van der Waals surface area contributed by atoms with Crippen molar-refractivity contribution in [1.82, 2.24) is 15.1 Å². The fourth-order valence-electron chi connectivity index (χ4n) is 2.81. The molecule has 0 aliphatic carbocycles. The average Bonchev–Trinajstić information content (AvgIpc) is 2.95. The minimum atomic E-state index is 1.04. The van der Waals surface area contributed by atoms with Gasteiger partial charge >= 0.3 is 0 Å². The lowest BCUT2D eigenvalue weighted by molar-refractivity contribution is 0.251. The number of nitrogens with zero attached hydrogens (tertiary/aromatic N) is 3. The standard InChI is InChI=1S/C16H22N4/c1-19(15-6-3-2-4-7-15)9-5-10-20-11-8-16-14(13-20)12-17-18-16/h2-4,6-7,12H,5,8-11,13H2,1H3,(H,17,18). The highest BCUT2D eigenvalue weighted by Crippen LogP contribution is 2.16. The number of para-hydroxylation sites is 1. The summed E-state index contributed by atoms with van der Waals surface area (Å²) < 4.78 is 0. The molecule has 3 rings (SSSR count). The third-order valence-corrected chi connectivity index (χ3v) is 4.04. The van der Waals surface area contributed by atoms with Crippen LogP contribution < -0.4 is 4.90 Å². The van der Waals surface area contributed by atoms with E-state index in [1.54, 1.807) is 0 Å². The highest BCUT2D eigenvalue weighted by molar-refractivity contribution is 5.44. The Morgan fingerprint density at radius 2 is 2.15 bits per heavy atom. The van der Waals surface area contributed by atoms with Crippen LogP contribution in [0.2, 0.25) is 0 Å². The normalized spacial score (nSPS) is 15.1. The molecule has 0 fully saturated rings. The topological polar surface area (TPSA) is 35.2 Å². The number of nitrogens with one attached hydrogen (secondary N) is 1. The van der Waals surface area contributed by atoms with E-state index in [9.17, 15) is 0 Å². The number of benzene rings is 1. The van der Waals surface area contributed by atoms with Crippen LogP contribution in [0.1, 0.15) is 17.7 Å². The van der Waals surface area contributed by atoms with Gasteiger partial charge in [-0.1, -0.05) is 18.2 Å². The first-order valence-electron chi connectivity index (χ1n) is 7.32. The summed E-state index contributed by atoms with van der Waals surface area (Å²) >= 11 is 0. The van der Waals surface area contributed by atoms with Crippen LogP contribution in [0.5, 0.6) is 0 Å². The van der Waals surface area contributed by atoms with Gasteiger partial charge in [0.05, 0.1) is 6.20 Å². The molecule has 1 aliphatic heterocycles. The van der Waals surface area contributed by atoms with Crippen molar-refractivity contribution < 1.29 is 0 Å². The summed E-state index contributed by atoms with van der Waals surface area (Å²) in [5.74, 6) is 0. The fourth-order valence-corrected chi connectivity index (χ4v) is 2.81. The van der Waals surface area contributed by atoms with Crippen LogP contribution in [-0.2, 0) is 13.0 Å². The number of fused-ring (bicyclic) bond motifs is 1. The predicted octanol–water partition coefficient (Wildman–Crippen LogP) is 2.29. The van der Waals surface area contributed by atoms with Crippen molar-refractivity contribution in [2.45, 2.75) is 19.4 Å². The first-order chi connectivity index (χ1) is 9.83. The number of hydrogen-bond donors (Lipinski definition) is 1. The molecule has 4 heteroatoms. The lowest BCUT2D eigenvalue weighted by Gasteiger charge is -2.27. The lowest BCUT2D eigenvalue weighted by Crippen LogP contribution is -2.32. The Morgan fingerprint density at radius 1 is 1.30 bits per heavy atom. The molecule has 4 nitrogen and oxygen atoms in total. The predicted molar refractivity (Wildman–Crippen MR) is 81.9 cm³/mol. The summed E-state index contributed by atoms with van der Waals surface area (Å²) in [7, 11) is 2.17. The van der Waals surface area contributed by atoms with Gasteiger partial charge in [-0.15, -0.1) is 0 Å². The maximum atomic E-state index is 4.13. The Bertz CT molecular complexity index is 534. The lowest BCUT2D eigenvalue weighted by atomic mass is 10.1. The minimum absolute atomic E-state index is 1.04. The van der Waals surface area contributed by atoms with Crippen molar-refractivity contribution in [3.8, 4) is 0 Å². The van der Waals surface area contributed by atoms with Gasteiger partial charge in [0.1, 0.15) is 0 Å². The van der Waals surface area contributed by atoms with E-state index in [1.807, 2.05) is 6.20 Å². The molecule has 20 heavy (non-hydrogen) atoms. The Morgan fingerprint density at radius 3 is 3.00 bits per heavy atom. The Balaban J connectivity index is 1.45. The number of hydrogen-bond acceptors (Lipinski definition) is 3. The molecule has 106 valence electrons. The Hall–Kier alpha value is -1.81. The van der Waals surface area contributed by atoms with Gasteiger partial charge < -0.3 is 4.90 Å². The van der Waals surface area contributed by atoms with Gasteiger partial charge in [-0.05, 0) is 18.6 Å². The molecule has 2 aromatic rings.